The third-order valence-electron chi connectivity index (χ3n) is 3.30. The molecule has 0 bridgehead atoms. The number of nitriles is 1. The molecule has 0 saturated heterocycles. The predicted molar refractivity (Wildman–Crippen MR) is 87.5 cm³/mol. The molecule has 0 aliphatic carbocycles. The van der Waals surface area contributed by atoms with Gasteiger partial charge in [0.2, 0.25) is 11.8 Å². The highest BCUT2D eigenvalue weighted by atomic mass is 16.2. The highest BCUT2D eigenvalue weighted by Gasteiger charge is 2.16. The lowest BCUT2D eigenvalue weighted by atomic mass is 10.2. The molecule has 116 valence electrons. The normalized spacial score (nSPS) is 9.74. The summed E-state index contributed by atoms with van der Waals surface area (Å²) in [4.78, 5) is 25.3. The van der Waals surface area contributed by atoms with Gasteiger partial charge in [-0.15, -0.1) is 0 Å². The van der Waals surface area contributed by atoms with Gasteiger partial charge in [-0.05, 0) is 23.8 Å². The van der Waals surface area contributed by atoms with Crippen LogP contribution in [0.1, 0.15) is 18.1 Å². The molecule has 0 saturated carbocycles. The number of hydrogen-bond acceptors (Lipinski definition) is 3. The molecule has 2 aromatic rings. The summed E-state index contributed by atoms with van der Waals surface area (Å²) in [6, 6.07) is 18.2. The van der Waals surface area contributed by atoms with Gasteiger partial charge >= 0.3 is 0 Å². The molecule has 2 amide bonds. The predicted octanol–water partition coefficient (Wildman–Crippen LogP) is 2.23. The van der Waals surface area contributed by atoms with Crippen molar-refractivity contribution in [2.45, 2.75) is 13.5 Å². The van der Waals surface area contributed by atoms with Crippen LogP contribution in [0.5, 0.6) is 0 Å². The number of hydrogen-bond donors (Lipinski definition) is 1. The maximum atomic E-state index is 12.1. The van der Waals surface area contributed by atoms with Gasteiger partial charge in [0.25, 0.3) is 0 Å². The monoisotopic (exact) mass is 307 g/mol. The molecular weight excluding hydrogens is 290 g/mol. The van der Waals surface area contributed by atoms with E-state index < -0.39 is 0 Å². The van der Waals surface area contributed by atoms with Crippen LogP contribution in [-0.4, -0.2) is 18.4 Å². The molecule has 0 aliphatic heterocycles. The number of anilines is 1. The maximum Gasteiger partial charge on any atom is 0.240 e. The Labute approximate surface area is 135 Å². The molecule has 2 rings (SSSR count). The van der Waals surface area contributed by atoms with Crippen molar-refractivity contribution in [2.75, 3.05) is 11.4 Å². The Bertz CT molecular complexity index is 735. The smallest absolute Gasteiger partial charge is 0.240 e. The summed E-state index contributed by atoms with van der Waals surface area (Å²) in [5.41, 5.74) is 1.96. The Morgan fingerprint density at radius 3 is 2.52 bits per heavy atom. The highest BCUT2D eigenvalue weighted by Crippen LogP contribution is 2.16. The zero-order valence-electron chi connectivity index (χ0n) is 12.8. The molecule has 0 radical (unpaired) electrons. The van der Waals surface area contributed by atoms with Gasteiger partial charge in [0.05, 0.1) is 11.6 Å². The van der Waals surface area contributed by atoms with Crippen LogP contribution >= 0.6 is 0 Å². The quantitative estimate of drug-likeness (QED) is 0.920. The second-order valence-corrected chi connectivity index (χ2v) is 5.03. The number of rotatable bonds is 5. The molecule has 5 nitrogen and oxygen atoms in total. The van der Waals surface area contributed by atoms with Crippen molar-refractivity contribution in [1.29, 1.82) is 5.26 Å². The number of benzene rings is 2. The molecule has 0 aromatic heterocycles. The number of carbonyl (C=O) groups is 2. The van der Waals surface area contributed by atoms with Crippen LogP contribution in [0.15, 0.2) is 54.6 Å². The van der Waals surface area contributed by atoms with Crippen LogP contribution in [0.2, 0.25) is 0 Å². The summed E-state index contributed by atoms with van der Waals surface area (Å²) in [5.74, 6) is -0.513. The molecule has 0 unspecified atom stereocenters. The van der Waals surface area contributed by atoms with E-state index in [0.29, 0.717) is 17.8 Å². The molecule has 5 heteroatoms. The van der Waals surface area contributed by atoms with Crippen molar-refractivity contribution in [3.05, 3.63) is 65.7 Å². The standard InChI is InChI=1S/C18H17N3O2/c1-14(22)21(17-9-5-8-16(10-17)11-19)13-18(23)20-12-15-6-3-2-4-7-15/h2-10H,12-13H2,1H3,(H,20,23). The van der Waals surface area contributed by atoms with E-state index in [1.165, 1.54) is 11.8 Å². The summed E-state index contributed by atoms with van der Waals surface area (Å²) in [7, 11) is 0. The number of carbonyl (C=O) groups excluding carboxylic acids is 2. The van der Waals surface area contributed by atoms with Gasteiger partial charge in [0.15, 0.2) is 0 Å². The summed E-state index contributed by atoms with van der Waals surface area (Å²) in [6.07, 6.45) is 0. The fraction of sp³-hybridized carbons (Fsp3) is 0.167. The SMILES string of the molecule is CC(=O)N(CC(=O)NCc1ccccc1)c1cccc(C#N)c1. The average Bonchev–Trinajstić information content (AvgIpc) is 2.58. The lowest BCUT2D eigenvalue weighted by Gasteiger charge is -2.20. The van der Waals surface area contributed by atoms with Crippen LogP contribution in [0.3, 0.4) is 0 Å². The number of nitrogens with one attached hydrogen (secondary N) is 1. The van der Waals surface area contributed by atoms with E-state index in [0.717, 1.165) is 5.56 Å². The average molecular weight is 307 g/mol. The first-order valence-electron chi connectivity index (χ1n) is 7.19. The summed E-state index contributed by atoms with van der Waals surface area (Å²) in [5, 5.41) is 11.7. The third kappa shape index (κ3) is 4.68. The first-order chi connectivity index (χ1) is 11.1. The van der Waals surface area contributed by atoms with E-state index in [1.807, 2.05) is 36.4 Å². The van der Waals surface area contributed by atoms with Gasteiger partial charge < -0.3 is 10.2 Å². The first kappa shape index (κ1) is 16.2. The van der Waals surface area contributed by atoms with Crippen molar-refractivity contribution < 1.29 is 9.59 Å². The van der Waals surface area contributed by atoms with Gasteiger partial charge in [0, 0.05) is 19.2 Å². The van der Waals surface area contributed by atoms with Gasteiger partial charge in [-0.2, -0.15) is 5.26 Å². The van der Waals surface area contributed by atoms with E-state index in [4.69, 9.17) is 5.26 Å². The van der Waals surface area contributed by atoms with E-state index in [2.05, 4.69) is 5.32 Å². The lowest BCUT2D eigenvalue weighted by molar-refractivity contribution is -0.123. The molecule has 0 atom stereocenters. The molecular formula is C18H17N3O2. The molecule has 0 fully saturated rings. The zero-order valence-corrected chi connectivity index (χ0v) is 12.8. The van der Waals surface area contributed by atoms with E-state index in [1.54, 1.807) is 24.3 Å². The van der Waals surface area contributed by atoms with Crippen LogP contribution in [0, 0.1) is 11.3 Å². The topological polar surface area (TPSA) is 73.2 Å². The first-order valence-corrected chi connectivity index (χ1v) is 7.19. The minimum Gasteiger partial charge on any atom is -0.350 e. The van der Waals surface area contributed by atoms with Crippen LogP contribution in [0.25, 0.3) is 0 Å². The van der Waals surface area contributed by atoms with E-state index in [9.17, 15) is 9.59 Å². The van der Waals surface area contributed by atoms with Crippen molar-refractivity contribution in [2.24, 2.45) is 0 Å². The Morgan fingerprint density at radius 2 is 1.87 bits per heavy atom. The van der Waals surface area contributed by atoms with Crippen molar-refractivity contribution >= 4 is 17.5 Å². The second kappa shape index (κ2) is 7.76. The summed E-state index contributed by atoms with van der Waals surface area (Å²) < 4.78 is 0. The number of amides is 2. The van der Waals surface area contributed by atoms with Gasteiger partial charge in [-0.3, -0.25) is 9.59 Å². The Kier molecular flexibility index (Phi) is 5.48. The van der Waals surface area contributed by atoms with Gasteiger partial charge in [-0.1, -0.05) is 36.4 Å². The van der Waals surface area contributed by atoms with Crippen LogP contribution in [-0.2, 0) is 16.1 Å². The Morgan fingerprint density at radius 1 is 1.13 bits per heavy atom. The Hall–Kier alpha value is -3.13. The maximum absolute atomic E-state index is 12.1. The fourth-order valence-corrected chi connectivity index (χ4v) is 2.12. The number of nitrogens with zero attached hydrogens (tertiary/aromatic N) is 2. The van der Waals surface area contributed by atoms with Crippen molar-refractivity contribution in [1.82, 2.24) is 5.32 Å². The van der Waals surface area contributed by atoms with E-state index in [-0.39, 0.29) is 18.4 Å². The highest BCUT2D eigenvalue weighted by molar-refractivity contribution is 5.97. The fourth-order valence-electron chi connectivity index (χ4n) is 2.12. The van der Waals surface area contributed by atoms with Gasteiger partial charge in [-0.25, -0.2) is 0 Å². The molecule has 0 aliphatic rings. The van der Waals surface area contributed by atoms with Crippen LogP contribution in [0.4, 0.5) is 5.69 Å². The largest absolute Gasteiger partial charge is 0.350 e. The van der Waals surface area contributed by atoms with Crippen molar-refractivity contribution in [3.8, 4) is 6.07 Å². The molecule has 2 aromatic carbocycles. The molecule has 0 spiro atoms. The molecule has 1 N–H and O–H groups in total. The molecule has 0 heterocycles. The minimum atomic E-state index is -0.258. The van der Waals surface area contributed by atoms with E-state index >= 15 is 0 Å². The van der Waals surface area contributed by atoms with Gasteiger partial charge in [0.1, 0.15) is 6.54 Å². The Balaban J connectivity index is 2.03. The second-order valence-electron chi connectivity index (χ2n) is 5.03. The molecule has 23 heavy (non-hydrogen) atoms. The minimum absolute atomic E-state index is 0.0863. The lowest BCUT2D eigenvalue weighted by Crippen LogP contribution is -2.39. The summed E-state index contributed by atoms with van der Waals surface area (Å²) >= 11 is 0. The summed E-state index contributed by atoms with van der Waals surface area (Å²) in [6.45, 7) is 1.71. The zero-order chi connectivity index (χ0) is 16.7. The van der Waals surface area contributed by atoms with Crippen LogP contribution < -0.4 is 10.2 Å². The van der Waals surface area contributed by atoms with Crippen molar-refractivity contribution in [3.63, 3.8) is 0 Å². The third-order valence-corrected chi connectivity index (χ3v) is 3.30.